The Hall–Kier alpha value is -1.60. The van der Waals surface area contributed by atoms with E-state index in [0.29, 0.717) is 0 Å². The molecule has 0 radical (unpaired) electrons. The highest BCUT2D eigenvalue weighted by atomic mass is 19.4. The highest BCUT2D eigenvalue weighted by Crippen LogP contribution is 2.33. The number of rotatable bonds is 1. The van der Waals surface area contributed by atoms with Crippen molar-refractivity contribution in [1.82, 2.24) is 9.97 Å². The molecule has 0 unspecified atom stereocenters. The van der Waals surface area contributed by atoms with Crippen LogP contribution in [-0.2, 0) is 6.18 Å². The number of aromatic nitrogens is 2. The molecular weight excluding hydrogens is 191 g/mol. The minimum absolute atomic E-state index is 0.140. The largest absolute Gasteiger partial charge is 0.441 e. The van der Waals surface area contributed by atoms with Crippen molar-refractivity contribution < 1.29 is 18.1 Å². The van der Waals surface area contributed by atoms with Gasteiger partial charge in [0.1, 0.15) is 0 Å². The summed E-state index contributed by atoms with van der Waals surface area (Å²) in [5, 5.41) is 10.1. The molecule has 1 rings (SSSR count). The van der Waals surface area contributed by atoms with Gasteiger partial charge in [0.05, 0.1) is 0 Å². The molecule has 13 heavy (non-hydrogen) atoms. The Labute approximate surface area is 69.7 Å². The van der Waals surface area contributed by atoms with Crippen molar-refractivity contribution in [1.29, 1.82) is 0 Å². The van der Waals surface area contributed by atoms with Crippen LogP contribution in [0.3, 0.4) is 0 Å². The molecule has 1 heterocycles. The van der Waals surface area contributed by atoms with Gasteiger partial charge in [0, 0.05) is 6.92 Å². The number of nitrogens with one attached hydrogen (secondary N) is 1. The van der Waals surface area contributed by atoms with Gasteiger partial charge in [-0.3, -0.25) is 0 Å². The molecule has 0 saturated carbocycles. The first-order valence-electron chi connectivity index (χ1n) is 3.10. The lowest BCUT2D eigenvalue weighted by molar-refractivity contribution is -0.392. The maximum absolute atomic E-state index is 12.0. The van der Waals surface area contributed by atoms with Gasteiger partial charge in [0.2, 0.25) is 5.69 Å². The lowest BCUT2D eigenvalue weighted by atomic mass is 10.4. The highest BCUT2D eigenvalue weighted by molar-refractivity contribution is 5.30. The molecule has 0 amide bonds. The lowest BCUT2D eigenvalue weighted by Gasteiger charge is -2.00. The SMILES string of the molecule is Cc1nc(C(F)(F)F)c([N+](=O)[O-])[nH]1. The van der Waals surface area contributed by atoms with E-state index in [1.54, 1.807) is 0 Å². The number of nitrogens with zero attached hydrogens (tertiary/aromatic N) is 2. The van der Waals surface area contributed by atoms with Gasteiger partial charge in [-0.2, -0.15) is 13.2 Å². The summed E-state index contributed by atoms with van der Waals surface area (Å²) in [5.74, 6) is -1.26. The summed E-state index contributed by atoms with van der Waals surface area (Å²) >= 11 is 0. The fourth-order valence-electron chi connectivity index (χ4n) is 0.809. The molecule has 1 N–H and O–H groups in total. The van der Waals surface area contributed by atoms with Crippen LogP contribution < -0.4 is 0 Å². The van der Waals surface area contributed by atoms with E-state index in [4.69, 9.17) is 0 Å². The van der Waals surface area contributed by atoms with Crippen LogP contribution in [0.15, 0.2) is 0 Å². The Balaban J connectivity index is 3.28. The number of halogens is 3. The number of alkyl halides is 3. The zero-order chi connectivity index (χ0) is 10.2. The van der Waals surface area contributed by atoms with E-state index >= 15 is 0 Å². The second kappa shape index (κ2) is 2.71. The van der Waals surface area contributed by atoms with Crippen LogP contribution in [0.2, 0.25) is 0 Å². The molecule has 0 aliphatic carbocycles. The fourth-order valence-corrected chi connectivity index (χ4v) is 0.809. The van der Waals surface area contributed by atoms with Gasteiger partial charge >= 0.3 is 12.0 Å². The first-order valence-corrected chi connectivity index (χ1v) is 3.10. The number of aryl methyl sites for hydroxylation is 1. The number of H-pyrrole nitrogens is 1. The van der Waals surface area contributed by atoms with Crippen LogP contribution in [-0.4, -0.2) is 14.9 Å². The maximum atomic E-state index is 12.0. The topological polar surface area (TPSA) is 71.8 Å². The van der Waals surface area contributed by atoms with Crippen LogP contribution in [0.25, 0.3) is 0 Å². The predicted octanol–water partition coefficient (Wildman–Crippen LogP) is 1.65. The van der Waals surface area contributed by atoms with Crippen molar-refractivity contribution in [2.45, 2.75) is 13.1 Å². The molecule has 0 bridgehead atoms. The highest BCUT2D eigenvalue weighted by Gasteiger charge is 2.41. The average Bonchev–Trinajstić information content (AvgIpc) is 2.29. The molecule has 0 aliphatic rings. The average molecular weight is 195 g/mol. The number of hydrogen-bond acceptors (Lipinski definition) is 3. The second-order valence-electron chi connectivity index (χ2n) is 2.27. The molecule has 0 spiro atoms. The van der Waals surface area contributed by atoms with Crippen molar-refractivity contribution in [2.75, 3.05) is 0 Å². The first-order chi connectivity index (χ1) is 5.82. The minimum atomic E-state index is -4.80. The van der Waals surface area contributed by atoms with E-state index in [2.05, 4.69) is 4.98 Å². The zero-order valence-corrected chi connectivity index (χ0v) is 6.34. The van der Waals surface area contributed by atoms with Crippen LogP contribution in [0.1, 0.15) is 11.5 Å². The minimum Gasteiger partial charge on any atom is -0.358 e. The standard InChI is InChI=1S/C5H4F3N3O2/c1-2-9-3(5(6,7)8)4(10-2)11(12)13/h1H3,(H,9,10). The molecule has 0 atom stereocenters. The molecule has 1 aromatic heterocycles. The molecule has 0 saturated heterocycles. The Bertz CT molecular complexity index is 343. The summed E-state index contributed by atoms with van der Waals surface area (Å²) in [6, 6.07) is 0. The van der Waals surface area contributed by atoms with Gasteiger partial charge < -0.3 is 10.1 Å². The Morgan fingerprint density at radius 3 is 2.38 bits per heavy atom. The third kappa shape index (κ3) is 1.76. The fraction of sp³-hybridized carbons (Fsp3) is 0.400. The Morgan fingerprint density at radius 1 is 1.54 bits per heavy atom. The normalized spacial score (nSPS) is 11.7. The number of hydrogen-bond donors (Lipinski definition) is 1. The molecule has 1 aromatic rings. The van der Waals surface area contributed by atoms with Crippen LogP contribution in [0.5, 0.6) is 0 Å². The van der Waals surface area contributed by atoms with Crippen LogP contribution in [0.4, 0.5) is 19.0 Å². The van der Waals surface area contributed by atoms with Crippen LogP contribution in [0, 0.1) is 17.0 Å². The monoisotopic (exact) mass is 195 g/mol. The number of nitro groups is 1. The van der Waals surface area contributed by atoms with Gasteiger partial charge in [-0.15, -0.1) is 0 Å². The van der Waals surface area contributed by atoms with Gasteiger partial charge in [-0.05, 0) is 4.92 Å². The smallest absolute Gasteiger partial charge is 0.358 e. The molecule has 5 nitrogen and oxygen atoms in total. The summed E-state index contributed by atoms with van der Waals surface area (Å²) in [4.78, 5) is 13.9. The van der Waals surface area contributed by atoms with Gasteiger partial charge in [-0.1, -0.05) is 0 Å². The lowest BCUT2D eigenvalue weighted by Crippen LogP contribution is -2.08. The van der Waals surface area contributed by atoms with E-state index in [0.717, 1.165) is 0 Å². The van der Waals surface area contributed by atoms with Crippen molar-refractivity contribution in [3.8, 4) is 0 Å². The number of aromatic amines is 1. The summed E-state index contributed by atoms with van der Waals surface area (Å²) < 4.78 is 36.1. The summed E-state index contributed by atoms with van der Waals surface area (Å²) in [6.07, 6.45) is -4.80. The summed E-state index contributed by atoms with van der Waals surface area (Å²) in [6.45, 7) is 1.21. The van der Waals surface area contributed by atoms with Crippen molar-refractivity contribution in [3.63, 3.8) is 0 Å². The zero-order valence-electron chi connectivity index (χ0n) is 6.34. The van der Waals surface area contributed by atoms with Crippen molar-refractivity contribution in [2.24, 2.45) is 0 Å². The van der Waals surface area contributed by atoms with Crippen molar-refractivity contribution in [3.05, 3.63) is 21.6 Å². The van der Waals surface area contributed by atoms with Gasteiger partial charge in [0.15, 0.2) is 5.82 Å². The van der Waals surface area contributed by atoms with E-state index in [9.17, 15) is 23.3 Å². The van der Waals surface area contributed by atoms with Gasteiger partial charge in [0.25, 0.3) is 0 Å². The Kier molecular flexibility index (Phi) is 1.98. The third-order valence-corrected chi connectivity index (χ3v) is 1.25. The third-order valence-electron chi connectivity index (χ3n) is 1.25. The van der Waals surface area contributed by atoms with E-state index in [1.165, 1.54) is 6.92 Å². The van der Waals surface area contributed by atoms with E-state index in [1.807, 2.05) is 4.98 Å². The quantitative estimate of drug-likeness (QED) is 0.546. The molecule has 0 aliphatic heterocycles. The summed E-state index contributed by atoms with van der Waals surface area (Å²) in [7, 11) is 0. The van der Waals surface area contributed by atoms with E-state index in [-0.39, 0.29) is 5.82 Å². The van der Waals surface area contributed by atoms with Gasteiger partial charge in [-0.25, -0.2) is 9.97 Å². The van der Waals surface area contributed by atoms with Crippen molar-refractivity contribution >= 4 is 5.82 Å². The summed E-state index contributed by atoms with van der Waals surface area (Å²) in [5.41, 5.74) is -1.49. The Morgan fingerprint density at radius 2 is 2.08 bits per heavy atom. The molecule has 0 aromatic carbocycles. The molecule has 72 valence electrons. The molecule has 8 heteroatoms. The predicted molar refractivity (Wildman–Crippen MR) is 35.0 cm³/mol. The number of imidazole rings is 1. The second-order valence-corrected chi connectivity index (χ2v) is 2.27. The van der Waals surface area contributed by atoms with E-state index < -0.39 is 22.6 Å². The molecule has 0 fully saturated rings. The molecular formula is C5H4F3N3O2. The van der Waals surface area contributed by atoms with Crippen LogP contribution >= 0.6 is 0 Å². The maximum Gasteiger partial charge on any atom is 0.441 e. The first kappa shape index (κ1) is 9.49.